The van der Waals surface area contributed by atoms with Gasteiger partial charge in [0, 0.05) is 24.4 Å². The zero-order valence-corrected chi connectivity index (χ0v) is 20.3. The zero-order valence-electron chi connectivity index (χ0n) is 20.3. The molecule has 3 aliphatic rings. The van der Waals surface area contributed by atoms with Crippen molar-refractivity contribution in [3.63, 3.8) is 0 Å². The lowest BCUT2D eigenvalue weighted by molar-refractivity contribution is -0.141. The highest BCUT2D eigenvalue weighted by Gasteiger charge is 2.52. The van der Waals surface area contributed by atoms with Gasteiger partial charge in [0.1, 0.15) is 5.82 Å². The number of fused-ring (bicyclic) bond motifs is 3. The van der Waals surface area contributed by atoms with E-state index in [1.165, 1.54) is 26.4 Å². The molecule has 0 saturated carbocycles. The maximum Gasteiger partial charge on any atom is 0.310 e. The lowest BCUT2D eigenvalue weighted by Crippen LogP contribution is -2.40. The summed E-state index contributed by atoms with van der Waals surface area (Å²) in [6.45, 7) is 0.750. The first-order chi connectivity index (χ1) is 18.0. The first-order valence-electron chi connectivity index (χ1n) is 12.0. The summed E-state index contributed by atoms with van der Waals surface area (Å²) in [6, 6.07) is 13.5. The molecule has 1 aliphatic carbocycles. The van der Waals surface area contributed by atoms with Crippen molar-refractivity contribution in [2.24, 2.45) is 11.8 Å². The molecule has 4 unspecified atom stereocenters. The fourth-order valence-corrected chi connectivity index (χ4v) is 5.79. The number of hydrogen-bond donors (Lipinski definition) is 2. The molecule has 8 nitrogen and oxygen atoms in total. The van der Waals surface area contributed by atoms with E-state index in [-0.39, 0.29) is 54.4 Å². The van der Waals surface area contributed by atoms with Crippen LogP contribution in [-0.2, 0) is 16.1 Å². The van der Waals surface area contributed by atoms with E-state index < -0.39 is 11.8 Å². The summed E-state index contributed by atoms with van der Waals surface area (Å²) in [6.07, 6.45) is 0. The second-order valence-corrected chi connectivity index (χ2v) is 9.39. The molecule has 0 bridgehead atoms. The van der Waals surface area contributed by atoms with Gasteiger partial charge in [-0.2, -0.15) is 0 Å². The third-order valence-corrected chi connectivity index (χ3v) is 7.46. The molecule has 2 aliphatic heterocycles. The Bertz CT molecular complexity index is 1350. The van der Waals surface area contributed by atoms with Crippen LogP contribution in [0.4, 0.5) is 4.39 Å². The van der Waals surface area contributed by atoms with Crippen LogP contribution in [0.15, 0.2) is 48.5 Å². The van der Waals surface area contributed by atoms with Crippen molar-refractivity contribution in [1.29, 1.82) is 0 Å². The van der Waals surface area contributed by atoms with E-state index in [4.69, 9.17) is 23.7 Å². The number of halogens is 1. The number of rotatable bonds is 6. The van der Waals surface area contributed by atoms with E-state index in [1.54, 1.807) is 18.2 Å². The second-order valence-electron chi connectivity index (χ2n) is 9.39. The summed E-state index contributed by atoms with van der Waals surface area (Å²) < 4.78 is 41.6. The highest BCUT2D eigenvalue weighted by Crippen LogP contribution is 2.55. The van der Waals surface area contributed by atoms with Crippen molar-refractivity contribution < 1.29 is 38.0 Å². The van der Waals surface area contributed by atoms with Gasteiger partial charge in [0.05, 0.1) is 26.7 Å². The number of phenolic OH excluding ortho intramolecular Hbond substituents is 1. The molecule has 3 aromatic rings. The molecule has 1 saturated heterocycles. The van der Waals surface area contributed by atoms with Crippen LogP contribution in [0.2, 0.25) is 0 Å². The number of carbonyl (C=O) groups excluding carboxylic acids is 1. The Morgan fingerprint density at radius 1 is 1.00 bits per heavy atom. The zero-order chi connectivity index (χ0) is 25.7. The molecule has 4 atom stereocenters. The number of carbonyl (C=O) groups is 1. The normalized spacial score (nSPS) is 23.3. The minimum absolute atomic E-state index is 0.111. The van der Waals surface area contributed by atoms with Crippen molar-refractivity contribution in [2.45, 2.75) is 18.5 Å². The Kier molecular flexibility index (Phi) is 5.79. The van der Waals surface area contributed by atoms with Gasteiger partial charge >= 0.3 is 5.97 Å². The van der Waals surface area contributed by atoms with Crippen LogP contribution < -0.4 is 24.3 Å². The molecular weight excluding hydrogens is 481 g/mol. The number of methoxy groups -OCH3 is 2. The minimum atomic E-state index is -0.517. The standard InChI is InChI=1S/C28H26FNO7/c1-33-22-7-15(8-23(34-2)27(22)31)24-17-9-20-21(37-13-36-20)10-18(17)26(19-12-35-28(32)25(19)24)30-11-14-4-3-5-16(29)6-14/h3-10,19,24-26,30-31H,11-13H2,1-2H3. The quantitative estimate of drug-likeness (QED) is 0.483. The number of nitrogens with one attached hydrogen (secondary N) is 1. The summed E-state index contributed by atoms with van der Waals surface area (Å²) in [4.78, 5) is 13.2. The van der Waals surface area contributed by atoms with Gasteiger partial charge in [-0.15, -0.1) is 0 Å². The minimum Gasteiger partial charge on any atom is -0.502 e. The van der Waals surface area contributed by atoms with Crippen LogP contribution in [0.3, 0.4) is 0 Å². The third kappa shape index (κ3) is 3.90. The number of ether oxygens (including phenoxy) is 5. The average Bonchev–Trinajstić information content (AvgIpc) is 3.52. The molecule has 0 aromatic heterocycles. The predicted octanol–water partition coefficient (Wildman–Crippen LogP) is 4.04. The van der Waals surface area contributed by atoms with Crippen LogP contribution in [0.1, 0.15) is 34.2 Å². The number of phenols is 1. The molecule has 3 aromatic carbocycles. The van der Waals surface area contributed by atoms with Gasteiger partial charge < -0.3 is 34.1 Å². The summed E-state index contributed by atoms with van der Waals surface area (Å²) in [5.74, 6) is -0.162. The maximum absolute atomic E-state index is 13.8. The Morgan fingerprint density at radius 2 is 1.70 bits per heavy atom. The molecular formula is C28H26FNO7. The van der Waals surface area contributed by atoms with Crippen LogP contribution >= 0.6 is 0 Å². The number of benzene rings is 3. The van der Waals surface area contributed by atoms with Crippen molar-refractivity contribution in [3.05, 3.63) is 76.6 Å². The first-order valence-corrected chi connectivity index (χ1v) is 12.0. The molecule has 1 fully saturated rings. The lowest BCUT2D eigenvalue weighted by atomic mass is 9.65. The Hall–Kier alpha value is -3.98. The van der Waals surface area contributed by atoms with Gasteiger partial charge in [0.25, 0.3) is 0 Å². The highest BCUT2D eigenvalue weighted by molar-refractivity contribution is 5.79. The molecule has 0 radical (unpaired) electrons. The van der Waals surface area contributed by atoms with Gasteiger partial charge in [0.15, 0.2) is 23.0 Å². The molecule has 0 spiro atoms. The Balaban J connectivity index is 1.49. The number of cyclic esters (lactones) is 1. The Labute approximate surface area is 212 Å². The fourth-order valence-electron chi connectivity index (χ4n) is 5.79. The summed E-state index contributed by atoms with van der Waals surface area (Å²) in [7, 11) is 2.92. The maximum atomic E-state index is 13.8. The van der Waals surface area contributed by atoms with E-state index in [0.29, 0.717) is 18.0 Å². The van der Waals surface area contributed by atoms with Crippen LogP contribution in [-0.4, -0.2) is 38.7 Å². The average molecular weight is 508 g/mol. The second kappa shape index (κ2) is 9.15. The molecule has 37 heavy (non-hydrogen) atoms. The largest absolute Gasteiger partial charge is 0.502 e. The summed E-state index contributed by atoms with van der Waals surface area (Å²) in [5.41, 5.74) is 3.34. The van der Waals surface area contributed by atoms with Crippen molar-refractivity contribution in [1.82, 2.24) is 5.32 Å². The third-order valence-electron chi connectivity index (χ3n) is 7.46. The lowest BCUT2D eigenvalue weighted by Gasteiger charge is -2.39. The predicted molar refractivity (Wildman–Crippen MR) is 130 cm³/mol. The molecule has 6 rings (SSSR count). The van der Waals surface area contributed by atoms with Crippen LogP contribution in [0, 0.1) is 17.7 Å². The van der Waals surface area contributed by atoms with Gasteiger partial charge in [0.2, 0.25) is 12.5 Å². The number of aromatic hydroxyl groups is 1. The van der Waals surface area contributed by atoms with Gasteiger partial charge in [-0.05, 0) is 58.7 Å². The van der Waals surface area contributed by atoms with Crippen molar-refractivity contribution in [2.75, 3.05) is 27.6 Å². The van der Waals surface area contributed by atoms with Crippen molar-refractivity contribution in [3.8, 4) is 28.7 Å². The van der Waals surface area contributed by atoms with E-state index in [9.17, 15) is 14.3 Å². The molecule has 2 heterocycles. The SMILES string of the molecule is COc1cc(C2c3cc4c(cc3C(NCc3cccc(F)c3)C3COC(=O)C23)OCO4)cc(OC)c1O. The topological polar surface area (TPSA) is 95.5 Å². The van der Waals surface area contributed by atoms with Gasteiger partial charge in [-0.1, -0.05) is 12.1 Å². The van der Waals surface area contributed by atoms with Crippen molar-refractivity contribution >= 4 is 5.97 Å². The van der Waals surface area contributed by atoms with E-state index >= 15 is 0 Å². The van der Waals surface area contributed by atoms with E-state index in [2.05, 4.69) is 5.32 Å². The smallest absolute Gasteiger partial charge is 0.310 e. The summed E-state index contributed by atoms with van der Waals surface area (Å²) in [5, 5.41) is 14.0. The van der Waals surface area contributed by atoms with E-state index in [1.807, 2.05) is 18.2 Å². The first kappa shape index (κ1) is 23.4. The molecule has 2 N–H and O–H groups in total. The fraction of sp³-hybridized carbons (Fsp3) is 0.321. The monoisotopic (exact) mass is 507 g/mol. The van der Waals surface area contributed by atoms with Gasteiger partial charge in [-0.3, -0.25) is 4.79 Å². The highest BCUT2D eigenvalue weighted by atomic mass is 19.1. The van der Waals surface area contributed by atoms with Crippen LogP contribution in [0.25, 0.3) is 0 Å². The summed E-state index contributed by atoms with van der Waals surface area (Å²) >= 11 is 0. The number of hydrogen-bond acceptors (Lipinski definition) is 8. The molecule has 9 heteroatoms. The Morgan fingerprint density at radius 3 is 2.38 bits per heavy atom. The molecule has 0 amide bonds. The van der Waals surface area contributed by atoms with Crippen LogP contribution in [0.5, 0.6) is 28.7 Å². The number of esters is 1. The van der Waals surface area contributed by atoms with E-state index in [0.717, 1.165) is 22.3 Å². The molecule has 192 valence electrons. The van der Waals surface area contributed by atoms with Gasteiger partial charge in [-0.25, -0.2) is 4.39 Å².